The van der Waals surface area contributed by atoms with Gasteiger partial charge in [0.2, 0.25) is 6.79 Å². The van der Waals surface area contributed by atoms with E-state index in [2.05, 4.69) is 5.43 Å². The quantitative estimate of drug-likeness (QED) is 0.696. The smallest absolute Gasteiger partial charge is 0.262 e. The summed E-state index contributed by atoms with van der Waals surface area (Å²) in [4.78, 5) is 11.9. The van der Waals surface area contributed by atoms with Crippen molar-refractivity contribution in [3.8, 4) is 11.5 Å². The average molecular weight is 296 g/mol. The molecule has 1 amide bonds. The van der Waals surface area contributed by atoms with Crippen molar-refractivity contribution in [3.05, 3.63) is 60.2 Å². The Balaban J connectivity index is 1.62. The minimum atomic E-state index is -0.205. The van der Waals surface area contributed by atoms with Crippen LogP contribution in [0.15, 0.2) is 54.6 Å². The minimum absolute atomic E-state index is 0.205. The Kier molecular flexibility index (Phi) is 3.96. The SMILES string of the molecule is CN(NC(=O)/C=C/c1ccc2c(c1)OCO2)c1ccccc1. The molecule has 0 spiro atoms. The van der Waals surface area contributed by atoms with Crippen LogP contribution in [-0.2, 0) is 4.79 Å². The predicted octanol–water partition coefficient (Wildman–Crippen LogP) is 2.60. The van der Waals surface area contributed by atoms with Gasteiger partial charge in [0.05, 0.1) is 5.69 Å². The lowest BCUT2D eigenvalue weighted by Gasteiger charge is -2.19. The number of carbonyl (C=O) groups excluding carboxylic acids is 1. The molecule has 2 aromatic rings. The van der Waals surface area contributed by atoms with Crippen molar-refractivity contribution in [1.82, 2.24) is 5.43 Å². The summed E-state index contributed by atoms with van der Waals surface area (Å²) in [7, 11) is 1.79. The summed E-state index contributed by atoms with van der Waals surface area (Å²) in [6, 6.07) is 15.1. The van der Waals surface area contributed by atoms with Gasteiger partial charge >= 0.3 is 0 Å². The van der Waals surface area contributed by atoms with E-state index in [0.717, 1.165) is 17.0 Å². The number of nitrogens with one attached hydrogen (secondary N) is 1. The molecule has 0 bridgehead atoms. The minimum Gasteiger partial charge on any atom is -0.454 e. The van der Waals surface area contributed by atoms with Gasteiger partial charge in [-0.25, -0.2) is 0 Å². The Labute approximate surface area is 128 Å². The number of hydrogen-bond acceptors (Lipinski definition) is 4. The molecule has 1 N–H and O–H groups in total. The Morgan fingerprint density at radius 2 is 1.91 bits per heavy atom. The zero-order chi connectivity index (χ0) is 15.4. The summed E-state index contributed by atoms with van der Waals surface area (Å²) in [6.07, 6.45) is 3.22. The highest BCUT2D eigenvalue weighted by atomic mass is 16.7. The van der Waals surface area contributed by atoms with Gasteiger partial charge in [-0.3, -0.25) is 15.2 Å². The van der Waals surface area contributed by atoms with Gasteiger partial charge in [0.1, 0.15) is 0 Å². The van der Waals surface area contributed by atoms with Crippen LogP contribution in [0.1, 0.15) is 5.56 Å². The fourth-order valence-electron chi connectivity index (χ4n) is 2.11. The maximum Gasteiger partial charge on any atom is 0.262 e. The van der Waals surface area contributed by atoms with E-state index >= 15 is 0 Å². The largest absolute Gasteiger partial charge is 0.454 e. The molecule has 0 unspecified atom stereocenters. The van der Waals surface area contributed by atoms with Gasteiger partial charge in [0.25, 0.3) is 5.91 Å². The molecule has 5 heteroatoms. The summed E-state index contributed by atoms with van der Waals surface area (Å²) in [5.74, 6) is 1.22. The van der Waals surface area contributed by atoms with Gasteiger partial charge in [0.15, 0.2) is 11.5 Å². The van der Waals surface area contributed by atoms with Crippen LogP contribution in [0.4, 0.5) is 5.69 Å². The molecular weight excluding hydrogens is 280 g/mol. The molecule has 5 nitrogen and oxygen atoms in total. The number of ether oxygens (including phenoxy) is 2. The highest BCUT2D eigenvalue weighted by Crippen LogP contribution is 2.32. The molecule has 0 aliphatic carbocycles. The molecule has 22 heavy (non-hydrogen) atoms. The van der Waals surface area contributed by atoms with Crippen LogP contribution in [0.2, 0.25) is 0 Å². The number of nitrogens with zero attached hydrogens (tertiary/aromatic N) is 1. The topological polar surface area (TPSA) is 50.8 Å². The van der Waals surface area contributed by atoms with Crippen LogP contribution in [0.3, 0.4) is 0 Å². The number of hydrazine groups is 1. The Hall–Kier alpha value is -2.95. The zero-order valence-corrected chi connectivity index (χ0v) is 12.2. The van der Waals surface area contributed by atoms with E-state index in [1.54, 1.807) is 18.1 Å². The Morgan fingerprint density at radius 3 is 2.73 bits per heavy atom. The summed E-state index contributed by atoms with van der Waals surface area (Å²) in [6.45, 7) is 0.241. The molecule has 1 heterocycles. The third-order valence-electron chi connectivity index (χ3n) is 3.25. The first-order valence-electron chi connectivity index (χ1n) is 6.89. The molecule has 1 aliphatic rings. The Bertz CT molecular complexity index is 698. The molecule has 0 fully saturated rings. The molecule has 2 aromatic carbocycles. The van der Waals surface area contributed by atoms with Crippen LogP contribution in [-0.4, -0.2) is 19.7 Å². The van der Waals surface area contributed by atoms with Gasteiger partial charge in [-0.1, -0.05) is 24.3 Å². The molecule has 112 valence electrons. The van der Waals surface area contributed by atoms with Crippen LogP contribution >= 0.6 is 0 Å². The van der Waals surface area contributed by atoms with Crippen molar-refractivity contribution < 1.29 is 14.3 Å². The number of rotatable bonds is 4. The maximum atomic E-state index is 11.9. The van der Waals surface area contributed by atoms with E-state index in [1.807, 2.05) is 48.5 Å². The van der Waals surface area contributed by atoms with Gasteiger partial charge in [-0.15, -0.1) is 0 Å². The van der Waals surface area contributed by atoms with Crippen molar-refractivity contribution in [2.45, 2.75) is 0 Å². The maximum absolute atomic E-state index is 11.9. The van der Waals surface area contributed by atoms with Gasteiger partial charge in [0, 0.05) is 13.1 Å². The average Bonchev–Trinajstić information content (AvgIpc) is 3.01. The molecule has 0 saturated carbocycles. The first kappa shape index (κ1) is 14.0. The van der Waals surface area contributed by atoms with Gasteiger partial charge in [-0.2, -0.15) is 0 Å². The van der Waals surface area contributed by atoms with Crippen LogP contribution in [0.5, 0.6) is 11.5 Å². The third kappa shape index (κ3) is 3.20. The van der Waals surface area contributed by atoms with E-state index < -0.39 is 0 Å². The van der Waals surface area contributed by atoms with Gasteiger partial charge in [-0.05, 0) is 35.9 Å². The van der Waals surface area contributed by atoms with Crippen molar-refractivity contribution in [3.63, 3.8) is 0 Å². The number of anilines is 1. The lowest BCUT2D eigenvalue weighted by molar-refractivity contribution is -0.116. The van der Waals surface area contributed by atoms with Crippen molar-refractivity contribution in [2.75, 3.05) is 18.8 Å². The summed E-state index contributed by atoms with van der Waals surface area (Å²) < 4.78 is 10.6. The number of fused-ring (bicyclic) bond motifs is 1. The standard InChI is InChI=1S/C17H16N2O3/c1-19(14-5-3-2-4-6-14)18-17(20)10-8-13-7-9-15-16(11-13)22-12-21-15/h2-11H,12H2,1H3,(H,18,20)/b10-8+. The first-order valence-corrected chi connectivity index (χ1v) is 6.89. The zero-order valence-electron chi connectivity index (χ0n) is 12.2. The second-order valence-corrected chi connectivity index (χ2v) is 4.82. The van der Waals surface area contributed by atoms with Crippen molar-refractivity contribution in [2.24, 2.45) is 0 Å². The monoisotopic (exact) mass is 296 g/mol. The highest BCUT2D eigenvalue weighted by Gasteiger charge is 2.12. The van der Waals surface area contributed by atoms with Crippen LogP contribution in [0.25, 0.3) is 6.08 Å². The molecular formula is C17H16N2O3. The molecule has 0 saturated heterocycles. The lowest BCUT2D eigenvalue weighted by atomic mass is 10.2. The van der Waals surface area contributed by atoms with Crippen molar-refractivity contribution in [1.29, 1.82) is 0 Å². The number of benzene rings is 2. The van der Waals surface area contributed by atoms with Crippen molar-refractivity contribution >= 4 is 17.7 Å². The van der Waals surface area contributed by atoms with Crippen LogP contribution in [0, 0.1) is 0 Å². The second kappa shape index (κ2) is 6.22. The molecule has 1 aliphatic heterocycles. The third-order valence-corrected chi connectivity index (χ3v) is 3.25. The van der Waals surface area contributed by atoms with E-state index in [0.29, 0.717) is 5.75 Å². The number of hydrogen-bond donors (Lipinski definition) is 1. The summed E-state index contributed by atoms with van der Waals surface area (Å²) in [5, 5.41) is 1.67. The normalized spacial score (nSPS) is 12.4. The summed E-state index contributed by atoms with van der Waals surface area (Å²) in [5.41, 5.74) is 4.56. The Morgan fingerprint density at radius 1 is 1.14 bits per heavy atom. The lowest BCUT2D eigenvalue weighted by Crippen LogP contribution is -2.38. The number of para-hydroxylation sites is 1. The van der Waals surface area contributed by atoms with E-state index in [1.165, 1.54) is 6.08 Å². The van der Waals surface area contributed by atoms with E-state index in [4.69, 9.17) is 9.47 Å². The van der Waals surface area contributed by atoms with E-state index in [9.17, 15) is 4.79 Å². The molecule has 3 rings (SSSR count). The fourth-order valence-corrected chi connectivity index (χ4v) is 2.11. The highest BCUT2D eigenvalue weighted by molar-refractivity contribution is 5.92. The number of carbonyl (C=O) groups is 1. The molecule has 0 radical (unpaired) electrons. The van der Waals surface area contributed by atoms with E-state index in [-0.39, 0.29) is 12.7 Å². The predicted molar refractivity (Wildman–Crippen MR) is 84.6 cm³/mol. The van der Waals surface area contributed by atoms with Gasteiger partial charge < -0.3 is 9.47 Å². The first-order chi connectivity index (χ1) is 10.7. The fraction of sp³-hybridized carbons (Fsp3) is 0.118. The molecule has 0 aromatic heterocycles. The molecule has 0 atom stereocenters. The van der Waals surface area contributed by atoms with Crippen LogP contribution < -0.4 is 19.9 Å². The second-order valence-electron chi connectivity index (χ2n) is 4.82. The number of amides is 1. The summed E-state index contributed by atoms with van der Waals surface area (Å²) >= 11 is 0.